The third kappa shape index (κ3) is 2.46. The van der Waals surface area contributed by atoms with Crippen LogP contribution in [0.4, 0.5) is 0 Å². The highest BCUT2D eigenvalue weighted by atomic mass is 16.3. The summed E-state index contributed by atoms with van der Waals surface area (Å²) in [7, 11) is 0. The SMILES string of the molecule is C/C=C/C(O)C(C)(C=N)CC. The van der Waals surface area contributed by atoms with Gasteiger partial charge < -0.3 is 10.5 Å². The van der Waals surface area contributed by atoms with Crippen LogP contribution in [0.15, 0.2) is 12.2 Å². The molecule has 2 nitrogen and oxygen atoms in total. The Hall–Kier alpha value is -0.630. The monoisotopic (exact) mass is 155 g/mol. The Kier molecular flexibility index (Phi) is 4.04. The molecule has 0 radical (unpaired) electrons. The quantitative estimate of drug-likeness (QED) is 0.473. The van der Waals surface area contributed by atoms with Crippen LogP contribution in [0, 0.1) is 10.8 Å². The van der Waals surface area contributed by atoms with Crippen LogP contribution < -0.4 is 0 Å². The fourth-order valence-corrected chi connectivity index (χ4v) is 0.799. The average Bonchev–Trinajstić information content (AvgIpc) is 2.03. The van der Waals surface area contributed by atoms with Gasteiger partial charge in [0.25, 0.3) is 0 Å². The van der Waals surface area contributed by atoms with Crippen molar-refractivity contribution in [2.45, 2.75) is 33.3 Å². The summed E-state index contributed by atoms with van der Waals surface area (Å²) in [5.41, 5.74) is -0.396. The molecule has 0 saturated carbocycles. The molecule has 11 heavy (non-hydrogen) atoms. The van der Waals surface area contributed by atoms with Crippen LogP contribution in [0.5, 0.6) is 0 Å². The first kappa shape index (κ1) is 10.4. The number of hydrogen-bond acceptors (Lipinski definition) is 2. The zero-order valence-electron chi connectivity index (χ0n) is 7.46. The fourth-order valence-electron chi connectivity index (χ4n) is 0.799. The zero-order valence-corrected chi connectivity index (χ0v) is 7.46. The second-order valence-electron chi connectivity index (χ2n) is 2.97. The van der Waals surface area contributed by atoms with Crippen LogP contribution in [0.2, 0.25) is 0 Å². The minimum atomic E-state index is -0.532. The van der Waals surface area contributed by atoms with Crippen LogP contribution in [-0.4, -0.2) is 17.4 Å². The van der Waals surface area contributed by atoms with Crippen molar-refractivity contribution in [2.75, 3.05) is 0 Å². The van der Waals surface area contributed by atoms with E-state index in [0.717, 1.165) is 6.42 Å². The predicted molar refractivity (Wildman–Crippen MR) is 48.0 cm³/mol. The lowest BCUT2D eigenvalue weighted by Crippen LogP contribution is -2.31. The molecule has 2 heteroatoms. The van der Waals surface area contributed by atoms with E-state index >= 15 is 0 Å². The zero-order chi connectivity index (χ0) is 8.91. The van der Waals surface area contributed by atoms with Gasteiger partial charge in [0, 0.05) is 11.6 Å². The van der Waals surface area contributed by atoms with Gasteiger partial charge in [-0.3, -0.25) is 0 Å². The molecular weight excluding hydrogens is 138 g/mol. The Morgan fingerprint density at radius 1 is 1.64 bits per heavy atom. The topological polar surface area (TPSA) is 44.1 Å². The van der Waals surface area contributed by atoms with Gasteiger partial charge in [0.15, 0.2) is 0 Å². The normalized spacial score (nSPS) is 19.6. The summed E-state index contributed by atoms with van der Waals surface area (Å²) in [4.78, 5) is 0. The van der Waals surface area contributed by atoms with Gasteiger partial charge in [0.1, 0.15) is 0 Å². The lowest BCUT2D eigenvalue weighted by atomic mass is 9.83. The summed E-state index contributed by atoms with van der Waals surface area (Å²) >= 11 is 0. The second kappa shape index (κ2) is 4.29. The standard InChI is InChI=1S/C9H17NO/c1-4-6-8(11)9(3,5-2)7-10/h4,6-8,10-11H,5H2,1-3H3/b6-4+,10-7?. The van der Waals surface area contributed by atoms with Crippen molar-refractivity contribution < 1.29 is 5.11 Å². The molecule has 2 unspecified atom stereocenters. The van der Waals surface area contributed by atoms with E-state index in [9.17, 15) is 5.11 Å². The predicted octanol–water partition coefficient (Wildman–Crippen LogP) is 1.99. The molecule has 64 valence electrons. The minimum absolute atomic E-state index is 0.396. The van der Waals surface area contributed by atoms with E-state index in [2.05, 4.69) is 0 Å². The summed E-state index contributed by atoms with van der Waals surface area (Å²) in [5.74, 6) is 0. The first-order chi connectivity index (χ1) is 5.10. The highest BCUT2D eigenvalue weighted by Crippen LogP contribution is 2.23. The Balaban J connectivity index is 4.35. The Morgan fingerprint density at radius 3 is 2.45 bits per heavy atom. The van der Waals surface area contributed by atoms with Crippen LogP contribution in [0.25, 0.3) is 0 Å². The van der Waals surface area contributed by atoms with Gasteiger partial charge >= 0.3 is 0 Å². The van der Waals surface area contributed by atoms with Crippen LogP contribution in [0.3, 0.4) is 0 Å². The van der Waals surface area contributed by atoms with Crippen molar-refractivity contribution in [3.63, 3.8) is 0 Å². The van der Waals surface area contributed by atoms with E-state index in [1.165, 1.54) is 6.21 Å². The van der Waals surface area contributed by atoms with E-state index in [1.807, 2.05) is 26.8 Å². The third-order valence-electron chi connectivity index (χ3n) is 2.14. The van der Waals surface area contributed by atoms with E-state index in [0.29, 0.717) is 0 Å². The molecule has 0 spiro atoms. The fraction of sp³-hybridized carbons (Fsp3) is 0.667. The first-order valence-corrected chi connectivity index (χ1v) is 3.93. The Bertz CT molecular complexity index is 154. The van der Waals surface area contributed by atoms with Crippen molar-refractivity contribution in [2.24, 2.45) is 5.41 Å². The highest BCUT2D eigenvalue weighted by Gasteiger charge is 2.26. The lowest BCUT2D eigenvalue weighted by Gasteiger charge is -2.26. The van der Waals surface area contributed by atoms with E-state index < -0.39 is 11.5 Å². The molecule has 2 N–H and O–H groups in total. The van der Waals surface area contributed by atoms with E-state index in [1.54, 1.807) is 6.08 Å². The number of allylic oxidation sites excluding steroid dienone is 1. The summed E-state index contributed by atoms with van der Waals surface area (Å²) in [6, 6.07) is 0. The molecular formula is C9H17NO. The van der Waals surface area contributed by atoms with Crippen molar-refractivity contribution in [3.05, 3.63) is 12.2 Å². The number of rotatable bonds is 4. The maximum absolute atomic E-state index is 9.53. The molecule has 0 fully saturated rings. The molecule has 0 heterocycles. The first-order valence-electron chi connectivity index (χ1n) is 3.93. The maximum atomic E-state index is 9.53. The van der Waals surface area contributed by atoms with E-state index in [-0.39, 0.29) is 0 Å². The van der Waals surface area contributed by atoms with Crippen LogP contribution in [0.1, 0.15) is 27.2 Å². The van der Waals surface area contributed by atoms with Gasteiger partial charge in [0.05, 0.1) is 6.10 Å². The molecule has 0 aliphatic carbocycles. The molecule has 0 aliphatic rings. The molecule has 0 amide bonds. The summed E-state index contributed by atoms with van der Waals surface area (Å²) in [5, 5.41) is 16.7. The highest BCUT2D eigenvalue weighted by molar-refractivity contribution is 5.63. The number of aliphatic hydroxyl groups excluding tert-OH is 1. The summed E-state index contributed by atoms with van der Waals surface area (Å²) < 4.78 is 0. The average molecular weight is 155 g/mol. The van der Waals surface area contributed by atoms with Crippen molar-refractivity contribution in [1.82, 2.24) is 0 Å². The number of hydrogen-bond donors (Lipinski definition) is 2. The van der Waals surface area contributed by atoms with Gasteiger partial charge in [-0.2, -0.15) is 0 Å². The summed E-state index contributed by atoms with van der Waals surface area (Å²) in [6.45, 7) is 5.71. The van der Waals surface area contributed by atoms with Crippen molar-refractivity contribution >= 4 is 6.21 Å². The molecule has 0 aliphatic heterocycles. The van der Waals surface area contributed by atoms with Gasteiger partial charge in [-0.15, -0.1) is 0 Å². The number of aliphatic hydroxyl groups is 1. The smallest absolute Gasteiger partial charge is 0.0823 e. The lowest BCUT2D eigenvalue weighted by molar-refractivity contribution is 0.126. The largest absolute Gasteiger partial charge is 0.388 e. The minimum Gasteiger partial charge on any atom is -0.388 e. The Morgan fingerprint density at radius 2 is 2.18 bits per heavy atom. The maximum Gasteiger partial charge on any atom is 0.0823 e. The van der Waals surface area contributed by atoms with Crippen LogP contribution in [-0.2, 0) is 0 Å². The molecule has 0 aromatic rings. The summed E-state index contributed by atoms with van der Waals surface area (Å²) in [6.07, 6.45) is 5.09. The molecule has 0 aromatic heterocycles. The van der Waals surface area contributed by atoms with Gasteiger partial charge in [-0.25, -0.2) is 0 Å². The second-order valence-corrected chi connectivity index (χ2v) is 2.97. The van der Waals surface area contributed by atoms with Gasteiger partial charge in [-0.05, 0) is 13.3 Å². The molecule has 0 rings (SSSR count). The van der Waals surface area contributed by atoms with Gasteiger partial charge in [-0.1, -0.05) is 26.0 Å². The molecule has 0 saturated heterocycles. The Labute approximate surface area is 68.4 Å². The molecule has 0 bridgehead atoms. The van der Waals surface area contributed by atoms with Gasteiger partial charge in [0.2, 0.25) is 0 Å². The van der Waals surface area contributed by atoms with Crippen molar-refractivity contribution in [3.8, 4) is 0 Å². The molecule has 0 aromatic carbocycles. The number of nitrogens with one attached hydrogen (secondary N) is 1. The van der Waals surface area contributed by atoms with Crippen LogP contribution >= 0.6 is 0 Å². The van der Waals surface area contributed by atoms with Crippen molar-refractivity contribution in [1.29, 1.82) is 5.41 Å². The molecule has 2 atom stereocenters. The third-order valence-corrected chi connectivity index (χ3v) is 2.14. The van der Waals surface area contributed by atoms with E-state index in [4.69, 9.17) is 5.41 Å².